The Morgan fingerprint density at radius 1 is 1.50 bits per heavy atom. The molecule has 6 nitrogen and oxygen atoms in total. The fraction of sp³-hybridized carbons (Fsp3) is 0.308. The van der Waals surface area contributed by atoms with Crippen LogP contribution in [0, 0.1) is 0 Å². The van der Waals surface area contributed by atoms with E-state index in [4.69, 9.17) is 5.11 Å². The Morgan fingerprint density at radius 3 is 2.85 bits per heavy atom. The second-order valence-electron chi connectivity index (χ2n) is 4.54. The number of aliphatic carboxylic acids is 1. The summed E-state index contributed by atoms with van der Waals surface area (Å²) in [6.07, 6.45) is 1.80. The molecule has 1 unspecified atom stereocenters. The maximum Gasteiger partial charge on any atom is 0.320 e. The highest BCUT2D eigenvalue weighted by molar-refractivity contribution is 9.10. The number of nitrogens with zero attached hydrogens (tertiary/aromatic N) is 4. The zero-order chi connectivity index (χ0) is 14.7. The van der Waals surface area contributed by atoms with Crippen LogP contribution in [0.1, 0.15) is 12.6 Å². The van der Waals surface area contributed by atoms with E-state index in [1.807, 2.05) is 24.3 Å². The first kappa shape index (κ1) is 14.7. The molecule has 7 heteroatoms. The lowest BCUT2D eigenvalue weighted by molar-refractivity contribution is -0.142. The number of aromatic nitrogens is 3. The Bertz CT molecular complexity index is 614. The van der Waals surface area contributed by atoms with Crippen molar-refractivity contribution in [2.75, 3.05) is 7.05 Å². The fourth-order valence-corrected chi connectivity index (χ4v) is 2.17. The number of likely N-dealkylation sites (N-methyl/N-ethyl adjacent to an activating group) is 1. The standard InChI is InChI=1S/C13H15BrN4O2/c1-9(13(19)20)17(2)7-10-8-18(16-15-10)12-6-4-3-5-11(12)14/h3-6,8-9H,7H2,1-2H3,(H,19,20). The van der Waals surface area contributed by atoms with Gasteiger partial charge in [0.25, 0.3) is 0 Å². The molecule has 1 aromatic carbocycles. The van der Waals surface area contributed by atoms with Gasteiger partial charge in [-0.25, -0.2) is 4.68 Å². The van der Waals surface area contributed by atoms with Crippen molar-refractivity contribution < 1.29 is 9.90 Å². The number of benzene rings is 1. The molecule has 0 spiro atoms. The molecule has 0 radical (unpaired) electrons. The van der Waals surface area contributed by atoms with Gasteiger partial charge in [0.1, 0.15) is 6.04 Å². The molecule has 0 bridgehead atoms. The van der Waals surface area contributed by atoms with E-state index in [0.717, 1.165) is 15.9 Å². The van der Waals surface area contributed by atoms with Crippen molar-refractivity contribution in [2.45, 2.75) is 19.5 Å². The first-order valence-corrected chi connectivity index (χ1v) is 6.87. The molecule has 0 amide bonds. The van der Waals surface area contributed by atoms with Gasteiger partial charge in [0.05, 0.1) is 17.6 Å². The van der Waals surface area contributed by atoms with Gasteiger partial charge in [-0.2, -0.15) is 0 Å². The molecule has 1 atom stereocenters. The van der Waals surface area contributed by atoms with Gasteiger partial charge in [-0.15, -0.1) is 5.10 Å². The molecular weight excluding hydrogens is 324 g/mol. The third-order valence-corrected chi connectivity index (χ3v) is 3.74. The number of hydrogen-bond acceptors (Lipinski definition) is 4. The van der Waals surface area contributed by atoms with Crippen LogP contribution in [-0.4, -0.2) is 44.1 Å². The number of carbonyl (C=O) groups is 1. The number of para-hydroxylation sites is 1. The number of carboxylic acids is 1. The van der Waals surface area contributed by atoms with E-state index in [2.05, 4.69) is 26.2 Å². The summed E-state index contributed by atoms with van der Waals surface area (Å²) in [5.74, 6) is -0.856. The normalized spacial score (nSPS) is 12.6. The molecule has 0 aliphatic heterocycles. The lowest BCUT2D eigenvalue weighted by Gasteiger charge is -2.19. The van der Waals surface area contributed by atoms with Gasteiger partial charge in [0.15, 0.2) is 0 Å². The summed E-state index contributed by atoms with van der Waals surface area (Å²) >= 11 is 3.46. The fourth-order valence-electron chi connectivity index (χ4n) is 1.71. The molecule has 1 heterocycles. The molecule has 20 heavy (non-hydrogen) atoms. The second kappa shape index (κ2) is 6.15. The summed E-state index contributed by atoms with van der Waals surface area (Å²) in [7, 11) is 1.75. The molecule has 106 valence electrons. The highest BCUT2D eigenvalue weighted by atomic mass is 79.9. The SMILES string of the molecule is CC(C(=O)O)N(C)Cc1cn(-c2ccccc2Br)nn1. The van der Waals surface area contributed by atoms with E-state index in [1.54, 1.807) is 29.7 Å². The van der Waals surface area contributed by atoms with Crippen molar-refractivity contribution in [3.63, 3.8) is 0 Å². The smallest absolute Gasteiger partial charge is 0.320 e. The van der Waals surface area contributed by atoms with Crippen molar-refractivity contribution in [1.29, 1.82) is 0 Å². The Kier molecular flexibility index (Phi) is 4.51. The topological polar surface area (TPSA) is 71.2 Å². The van der Waals surface area contributed by atoms with Crippen molar-refractivity contribution in [1.82, 2.24) is 19.9 Å². The summed E-state index contributed by atoms with van der Waals surface area (Å²) in [6.45, 7) is 2.07. The van der Waals surface area contributed by atoms with E-state index < -0.39 is 12.0 Å². The zero-order valence-corrected chi connectivity index (χ0v) is 12.8. The van der Waals surface area contributed by atoms with Crippen LogP contribution in [0.2, 0.25) is 0 Å². The average molecular weight is 339 g/mol. The Morgan fingerprint density at radius 2 is 2.20 bits per heavy atom. The summed E-state index contributed by atoms with van der Waals surface area (Å²) in [4.78, 5) is 12.6. The molecule has 0 aliphatic carbocycles. The molecule has 2 aromatic rings. The third kappa shape index (κ3) is 3.23. The number of halogens is 1. The maximum absolute atomic E-state index is 10.9. The van der Waals surface area contributed by atoms with Crippen LogP contribution >= 0.6 is 15.9 Å². The first-order chi connectivity index (χ1) is 9.49. The van der Waals surface area contributed by atoms with Crippen LogP contribution in [0.3, 0.4) is 0 Å². The average Bonchev–Trinajstić information content (AvgIpc) is 2.86. The second-order valence-corrected chi connectivity index (χ2v) is 5.39. The van der Waals surface area contributed by atoms with E-state index in [1.165, 1.54) is 0 Å². The van der Waals surface area contributed by atoms with Gasteiger partial charge in [-0.05, 0) is 42.0 Å². The number of hydrogen-bond donors (Lipinski definition) is 1. The van der Waals surface area contributed by atoms with Crippen LogP contribution in [0.4, 0.5) is 0 Å². The summed E-state index contributed by atoms with van der Waals surface area (Å²) in [5, 5.41) is 17.1. The first-order valence-electron chi connectivity index (χ1n) is 6.08. The predicted molar refractivity (Wildman–Crippen MR) is 77.6 cm³/mol. The molecule has 0 saturated carbocycles. The van der Waals surface area contributed by atoms with Gasteiger partial charge >= 0.3 is 5.97 Å². The van der Waals surface area contributed by atoms with Gasteiger partial charge in [0.2, 0.25) is 0 Å². The Hall–Kier alpha value is -1.73. The van der Waals surface area contributed by atoms with Crippen LogP contribution in [0.5, 0.6) is 0 Å². The summed E-state index contributed by atoms with van der Waals surface area (Å²) in [5.41, 5.74) is 1.61. The van der Waals surface area contributed by atoms with Gasteiger partial charge in [-0.3, -0.25) is 9.69 Å². The largest absolute Gasteiger partial charge is 0.480 e. The van der Waals surface area contributed by atoms with E-state index in [0.29, 0.717) is 6.54 Å². The minimum absolute atomic E-state index is 0.428. The molecule has 0 aliphatic rings. The quantitative estimate of drug-likeness (QED) is 0.901. The lowest BCUT2D eigenvalue weighted by atomic mass is 10.3. The third-order valence-electron chi connectivity index (χ3n) is 3.07. The van der Waals surface area contributed by atoms with Crippen molar-refractivity contribution in [3.05, 3.63) is 40.6 Å². The Balaban J connectivity index is 2.14. The van der Waals surface area contributed by atoms with E-state index in [9.17, 15) is 4.79 Å². The highest BCUT2D eigenvalue weighted by Gasteiger charge is 2.18. The minimum atomic E-state index is -0.856. The monoisotopic (exact) mass is 338 g/mol. The number of rotatable bonds is 5. The van der Waals surface area contributed by atoms with Crippen LogP contribution in [0.25, 0.3) is 5.69 Å². The molecule has 1 aromatic heterocycles. The predicted octanol–water partition coefficient (Wildman–Crippen LogP) is 1.93. The number of carboxylic acid groups (broad SMARTS) is 1. The summed E-state index contributed by atoms with van der Waals surface area (Å²) < 4.78 is 2.59. The van der Waals surface area contributed by atoms with Crippen LogP contribution < -0.4 is 0 Å². The minimum Gasteiger partial charge on any atom is -0.480 e. The van der Waals surface area contributed by atoms with Crippen molar-refractivity contribution in [2.24, 2.45) is 0 Å². The van der Waals surface area contributed by atoms with Gasteiger partial charge in [0, 0.05) is 11.0 Å². The Labute approximate surface area is 125 Å². The zero-order valence-electron chi connectivity index (χ0n) is 11.2. The van der Waals surface area contributed by atoms with Crippen molar-refractivity contribution in [3.8, 4) is 5.69 Å². The van der Waals surface area contributed by atoms with Crippen LogP contribution in [-0.2, 0) is 11.3 Å². The molecule has 1 N–H and O–H groups in total. The summed E-state index contributed by atoms with van der Waals surface area (Å²) in [6, 6.07) is 7.12. The van der Waals surface area contributed by atoms with E-state index >= 15 is 0 Å². The van der Waals surface area contributed by atoms with Crippen molar-refractivity contribution >= 4 is 21.9 Å². The van der Waals surface area contributed by atoms with E-state index in [-0.39, 0.29) is 0 Å². The highest BCUT2D eigenvalue weighted by Crippen LogP contribution is 2.19. The molecule has 0 saturated heterocycles. The maximum atomic E-state index is 10.9. The molecule has 2 rings (SSSR count). The van der Waals surface area contributed by atoms with Gasteiger partial charge in [-0.1, -0.05) is 17.3 Å². The van der Waals surface area contributed by atoms with Gasteiger partial charge < -0.3 is 5.11 Å². The molecular formula is C13H15BrN4O2. The lowest BCUT2D eigenvalue weighted by Crippen LogP contribution is -2.35. The molecule has 0 fully saturated rings. The van der Waals surface area contributed by atoms with Crippen LogP contribution in [0.15, 0.2) is 34.9 Å².